The molecule has 0 amide bonds. The monoisotopic (exact) mass is 237 g/mol. The number of benzene rings is 1. The Morgan fingerprint density at radius 2 is 2.12 bits per heavy atom. The van der Waals surface area contributed by atoms with Crippen molar-refractivity contribution in [3.05, 3.63) is 29.8 Å². The van der Waals surface area contributed by atoms with Gasteiger partial charge in [0.1, 0.15) is 5.75 Å². The van der Waals surface area contributed by atoms with Crippen LogP contribution in [0.3, 0.4) is 0 Å². The summed E-state index contributed by atoms with van der Waals surface area (Å²) in [6.07, 6.45) is 1.26. The lowest BCUT2D eigenvalue weighted by atomic mass is 10.2. The molecule has 0 bridgehead atoms. The van der Waals surface area contributed by atoms with Crippen LogP contribution in [0.2, 0.25) is 0 Å². The Morgan fingerprint density at radius 3 is 2.82 bits per heavy atom. The topological polar surface area (TPSA) is 30.5 Å². The minimum absolute atomic E-state index is 0.222. The molecule has 0 fully saturated rings. The third kappa shape index (κ3) is 6.29. The van der Waals surface area contributed by atoms with E-state index in [0.717, 1.165) is 31.9 Å². The molecule has 0 saturated carbocycles. The standard InChI is InChI=1S/C14H23NO2/c1-12(2)17-14-7-4-6-13(10-14)11-15-8-5-9-16-3/h4,6-7,10,12,15H,5,8-9,11H2,1-3H3. The summed E-state index contributed by atoms with van der Waals surface area (Å²) in [6, 6.07) is 8.22. The largest absolute Gasteiger partial charge is 0.491 e. The summed E-state index contributed by atoms with van der Waals surface area (Å²) >= 11 is 0. The second kappa shape index (κ2) is 8.09. The van der Waals surface area contributed by atoms with Crippen LogP contribution in [-0.4, -0.2) is 26.4 Å². The zero-order chi connectivity index (χ0) is 12.5. The molecule has 1 N–H and O–H groups in total. The number of hydrogen-bond acceptors (Lipinski definition) is 3. The lowest BCUT2D eigenvalue weighted by Gasteiger charge is -2.11. The van der Waals surface area contributed by atoms with Gasteiger partial charge in [0.25, 0.3) is 0 Å². The van der Waals surface area contributed by atoms with Crippen molar-refractivity contribution < 1.29 is 9.47 Å². The van der Waals surface area contributed by atoms with Crippen LogP contribution in [0.5, 0.6) is 5.75 Å². The Kier molecular flexibility index (Phi) is 6.67. The summed E-state index contributed by atoms with van der Waals surface area (Å²) in [5.41, 5.74) is 1.25. The van der Waals surface area contributed by atoms with Gasteiger partial charge in [0, 0.05) is 20.3 Å². The lowest BCUT2D eigenvalue weighted by Crippen LogP contribution is -2.16. The normalized spacial score (nSPS) is 10.8. The van der Waals surface area contributed by atoms with Crippen molar-refractivity contribution in [3.8, 4) is 5.75 Å². The minimum atomic E-state index is 0.222. The van der Waals surface area contributed by atoms with Gasteiger partial charge >= 0.3 is 0 Å². The van der Waals surface area contributed by atoms with Crippen molar-refractivity contribution in [2.24, 2.45) is 0 Å². The van der Waals surface area contributed by atoms with Crippen molar-refractivity contribution in [2.75, 3.05) is 20.3 Å². The molecule has 0 radical (unpaired) electrons. The van der Waals surface area contributed by atoms with E-state index in [1.165, 1.54) is 5.56 Å². The molecule has 0 heterocycles. The van der Waals surface area contributed by atoms with Gasteiger partial charge in [-0.1, -0.05) is 12.1 Å². The summed E-state index contributed by atoms with van der Waals surface area (Å²) in [5, 5.41) is 3.38. The van der Waals surface area contributed by atoms with Crippen molar-refractivity contribution in [2.45, 2.75) is 32.9 Å². The van der Waals surface area contributed by atoms with Gasteiger partial charge in [0.2, 0.25) is 0 Å². The van der Waals surface area contributed by atoms with E-state index in [0.29, 0.717) is 0 Å². The SMILES string of the molecule is COCCCNCc1cccc(OC(C)C)c1. The van der Waals surface area contributed by atoms with Crippen LogP contribution in [0.1, 0.15) is 25.8 Å². The summed E-state index contributed by atoms with van der Waals surface area (Å²) in [4.78, 5) is 0. The first kappa shape index (κ1) is 14.0. The second-order valence-electron chi connectivity index (χ2n) is 4.34. The molecule has 0 unspecified atom stereocenters. The van der Waals surface area contributed by atoms with E-state index in [-0.39, 0.29) is 6.10 Å². The van der Waals surface area contributed by atoms with Gasteiger partial charge in [-0.2, -0.15) is 0 Å². The molecule has 0 spiro atoms. The van der Waals surface area contributed by atoms with Gasteiger partial charge in [-0.15, -0.1) is 0 Å². The molecule has 0 saturated heterocycles. The molecule has 17 heavy (non-hydrogen) atoms. The highest BCUT2D eigenvalue weighted by Gasteiger charge is 1.99. The Bertz CT molecular complexity index is 313. The predicted octanol–water partition coefficient (Wildman–Crippen LogP) is 2.60. The first-order valence-corrected chi connectivity index (χ1v) is 6.17. The molecule has 3 heteroatoms. The van der Waals surface area contributed by atoms with Gasteiger partial charge in [-0.25, -0.2) is 0 Å². The summed E-state index contributed by atoms with van der Waals surface area (Å²) < 4.78 is 10.6. The Labute approximate surface area is 104 Å². The van der Waals surface area contributed by atoms with Gasteiger partial charge < -0.3 is 14.8 Å². The molecule has 1 aromatic carbocycles. The van der Waals surface area contributed by atoms with Crippen LogP contribution < -0.4 is 10.1 Å². The van der Waals surface area contributed by atoms with E-state index >= 15 is 0 Å². The molecule has 0 aliphatic rings. The average molecular weight is 237 g/mol. The fraction of sp³-hybridized carbons (Fsp3) is 0.571. The summed E-state index contributed by atoms with van der Waals surface area (Å²) in [6.45, 7) is 6.73. The number of rotatable bonds is 8. The third-order valence-corrected chi connectivity index (χ3v) is 2.30. The fourth-order valence-corrected chi connectivity index (χ4v) is 1.58. The van der Waals surface area contributed by atoms with Crippen LogP contribution in [0.25, 0.3) is 0 Å². The van der Waals surface area contributed by atoms with Gasteiger partial charge in [0.05, 0.1) is 6.10 Å². The first-order chi connectivity index (χ1) is 8.22. The Balaban J connectivity index is 2.32. The molecule has 1 aromatic rings. The molecular formula is C14H23NO2. The molecule has 0 atom stereocenters. The minimum Gasteiger partial charge on any atom is -0.491 e. The second-order valence-corrected chi connectivity index (χ2v) is 4.34. The van der Waals surface area contributed by atoms with E-state index in [1.807, 2.05) is 26.0 Å². The maximum Gasteiger partial charge on any atom is 0.120 e. The van der Waals surface area contributed by atoms with Crippen molar-refractivity contribution in [1.82, 2.24) is 5.32 Å². The lowest BCUT2D eigenvalue weighted by molar-refractivity contribution is 0.194. The predicted molar refractivity (Wildman–Crippen MR) is 70.4 cm³/mol. The maximum absolute atomic E-state index is 5.65. The van der Waals surface area contributed by atoms with E-state index in [2.05, 4.69) is 17.4 Å². The molecule has 1 rings (SSSR count). The number of ether oxygens (including phenoxy) is 2. The van der Waals surface area contributed by atoms with Gasteiger partial charge in [0.15, 0.2) is 0 Å². The smallest absolute Gasteiger partial charge is 0.120 e. The summed E-state index contributed by atoms with van der Waals surface area (Å²) in [7, 11) is 1.73. The van der Waals surface area contributed by atoms with E-state index < -0.39 is 0 Å². The number of hydrogen-bond donors (Lipinski definition) is 1. The van der Waals surface area contributed by atoms with Crippen molar-refractivity contribution in [1.29, 1.82) is 0 Å². The van der Waals surface area contributed by atoms with Crippen molar-refractivity contribution in [3.63, 3.8) is 0 Å². The molecule has 0 aromatic heterocycles. The average Bonchev–Trinajstić information content (AvgIpc) is 2.28. The van der Waals surface area contributed by atoms with Crippen LogP contribution in [0.15, 0.2) is 24.3 Å². The van der Waals surface area contributed by atoms with E-state index in [1.54, 1.807) is 7.11 Å². The van der Waals surface area contributed by atoms with E-state index in [9.17, 15) is 0 Å². The Hall–Kier alpha value is -1.06. The third-order valence-electron chi connectivity index (χ3n) is 2.30. The van der Waals surface area contributed by atoms with Gasteiger partial charge in [-0.3, -0.25) is 0 Å². The van der Waals surface area contributed by atoms with Crippen LogP contribution >= 0.6 is 0 Å². The molecule has 3 nitrogen and oxygen atoms in total. The van der Waals surface area contributed by atoms with Crippen molar-refractivity contribution >= 4 is 0 Å². The molecule has 0 aliphatic carbocycles. The molecular weight excluding hydrogens is 214 g/mol. The van der Waals surface area contributed by atoms with Crippen LogP contribution in [-0.2, 0) is 11.3 Å². The fourth-order valence-electron chi connectivity index (χ4n) is 1.58. The van der Waals surface area contributed by atoms with Crippen LogP contribution in [0.4, 0.5) is 0 Å². The highest BCUT2D eigenvalue weighted by Crippen LogP contribution is 2.14. The maximum atomic E-state index is 5.65. The quantitative estimate of drug-likeness (QED) is 0.705. The van der Waals surface area contributed by atoms with Crippen LogP contribution in [0, 0.1) is 0 Å². The zero-order valence-electron chi connectivity index (χ0n) is 11.0. The molecule has 96 valence electrons. The Morgan fingerprint density at radius 1 is 1.29 bits per heavy atom. The highest BCUT2D eigenvalue weighted by molar-refractivity contribution is 5.28. The molecule has 0 aliphatic heterocycles. The highest BCUT2D eigenvalue weighted by atomic mass is 16.5. The number of methoxy groups -OCH3 is 1. The first-order valence-electron chi connectivity index (χ1n) is 6.17. The van der Waals surface area contributed by atoms with Gasteiger partial charge in [-0.05, 0) is 44.5 Å². The summed E-state index contributed by atoms with van der Waals surface area (Å²) in [5.74, 6) is 0.941. The number of nitrogens with one attached hydrogen (secondary N) is 1. The van der Waals surface area contributed by atoms with E-state index in [4.69, 9.17) is 9.47 Å². The zero-order valence-corrected chi connectivity index (χ0v) is 11.0.